The summed E-state index contributed by atoms with van der Waals surface area (Å²) in [5.41, 5.74) is 5.12. The molecule has 0 aliphatic rings. The predicted octanol–water partition coefficient (Wildman–Crippen LogP) is 4.52. The quantitative estimate of drug-likeness (QED) is 0.621. The zero-order valence-electron chi connectivity index (χ0n) is 16.8. The summed E-state index contributed by atoms with van der Waals surface area (Å²) < 4.78 is 1.65. The molecule has 0 aliphatic heterocycles. The Morgan fingerprint density at radius 3 is 2.46 bits per heavy atom. The van der Waals surface area contributed by atoms with Gasteiger partial charge in [-0.2, -0.15) is 4.68 Å². The van der Waals surface area contributed by atoms with Crippen molar-refractivity contribution in [2.24, 2.45) is 0 Å². The SMILES string of the molecule is Cc1ccc(-n2nnnc2SC(C)C(=O)Nc2c(C)cccc2C(C)C)cc1. The zero-order chi connectivity index (χ0) is 20.3. The summed E-state index contributed by atoms with van der Waals surface area (Å²) in [7, 11) is 0. The molecular weight excluding hydrogens is 370 g/mol. The molecule has 0 spiro atoms. The fourth-order valence-electron chi connectivity index (χ4n) is 2.88. The van der Waals surface area contributed by atoms with Gasteiger partial charge in [0.15, 0.2) is 0 Å². The number of aryl methyl sites for hydroxylation is 2. The maximum Gasteiger partial charge on any atom is 0.237 e. The molecule has 3 rings (SSSR count). The van der Waals surface area contributed by atoms with Crippen molar-refractivity contribution in [3.8, 4) is 5.69 Å². The first-order chi connectivity index (χ1) is 13.4. The van der Waals surface area contributed by atoms with Crippen LogP contribution >= 0.6 is 11.8 Å². The summed E-state index contributed by atoms with van der Waals surface area (Å²) in [6.45, 7) is 10.2. The third-order valence-corrected chi connectivity index (χ3v) is 5.58. The van der Waals surface area contributed by atoms with Gasteiger partial charge in [-0.3, -0.25) is 4.79 Å². The number of hydrogen-bond donors (Lipinski definition) is 1. The Morgan fingerprint density at radius 2 is 1.79 bits per heavy atom. The summed E-state index contributed by atoms with van der Waals surface area (Å²) >= 11 is 1.34. The van der Waals surface area contributed by atoms with Gasteiger partial charge in [-0.1, -0.05) is 61.5 Å². The molecule has 1 N–H and O–H groups in total. The highest BCUT2D eigenvalue weighted by molar-refractivity contribution is 8.00. The van der Waals surface area contributed by atoms with E-state index in [0.717, 1.165) is 28.1 Å². The van der Waals surface area contributed by atoms with E-state index in [2.05, 4.69) is 40.8 Å². The Hall–Kier alpha value is -2.67. The highest BCUT2D eigenvalue weighted by Crippen LogP contribution is 2.29. The molecule has 0 fully saturated rings. The maximum atomic E-state index is 12.8. The Balaban J connectivity index is 1.76. The van der Waals surface area contributed by atoms with Crippen LogP contribution in [0.4, 0.5) is 5.69 Å². The Bertz CT molecular complexity index is 965. The standard InChI is InChI=1S/C21H25N5OS/c1-13(2)18-8-6-7-15(4)19(18)22-20(27)16(5)28-21-23-24-25-26(21)17-11-9-14(3)10-12-17/h6-13,16H,1-5H3,(H,22,27). The fourth-order valence-corrected chi connectivity index (χ4v) is 3.69. The van der Waals surface area contributed by atoms with Crippen LogP contribution < -0.4 is 5.32 Å². The van der Waals surface area contributed by atoms with E-state index in [0.29, 0.717) is 11.1 Å². The van der Waals surface area contributed by atoms with Crippen LogP contribution in [0, 0.1) is 13.8 Å². The Kier molecular flexibility index (Phi) is 6.14. The van der Waals surface area contributed by atoms with E-state index in [1.165, 1.54) is 11.8 Å². The summed E-state index contributed by atoms with van der Waals surface area (Å²) in [5.74, 6) is 0.256. The topological polar surface area (TPSA) is 72.7 Å². The largest absolute Gasteiger partial charge is 0.325 e. The van der Waals surface area contributed by atoms with E-state index >= 15 is 0 Å². The van der Waals surface area contributed by atoms with E-state index < -0.39 is 0 Å². The smallest absolute Gasteiger partial charge is 0.237 e. The van der Waals surface area contributed by atoms with E-state index in [4.69, 9.17) is 0 Å². The predicted molar refractivity (Wildman–Crippen MR) is 113 cm³/mol. The molecule has 1 heterocycles. The fraction of sp³-hybridized carbons (Fsp3) is 0.333. The van der Waals surface area contributed by atoms with Gasteiger partial charge in [-0.15, -0.1) is 5.10 Å². The number of amides is 1. The van der Waals surface area contributed by atoms with Crippen LogP contribution in [0.2, 0.25) is 0 Å². The lowest BCUT2D eigenvalue weighted by molar-refractivity contribution is -0.115. The number of aromatic nitrogens is 4. The number of para-hydroxylation sites is 1. The average molecular weight is 396 g/mol. The Morgan fingerprint density at radius 1 is 1.07 bits per heavy atom. The molecule has 7 heteroatoms. The van der Waals surface area contributed by atoms with Crippen LogP contribution in [0.15, 0.2) is 47.6 Å². The molecule has 0 saturated heterocycles. The van der Waals surface area contributed by atoms with Crippen molar-refractivity contribution in [1.29, 1.82) is 0 Å². The van der Waals surface area contributed by atoms with Crippen molar-refractivity contribution in [1.82, 2.24) is 20.2 Å². The molecule has 1 unspecified atom stereocenters. The van der Waals surface area contributed by atoms with Gasteiger partial charge in [-0.25, -0.2) is 0 Å². The van der Waals surface area contributed by atoms with Crippen LogP contribution in [0.5, 0.6) is 0 Å². The van der Waals surface area contributed by atoms with E-state index in [1.54, 1.807) is 4.68 Å². The van der Waals surface area contributed by atoms with Crippen molar-refractivity contribution in [2.75, 3.05) is 5.32 Å². The second-order valence-electron chi connectivity index (χ2n) is 7.15. The van der Waals surface area contributed by atoms with Gasteiger partial charge in [0.05, 0.1) is 10.9 Å². The van der Waals surface area contributed by atoms with E-state index in [-0.39, 0.29) is 11.2 Å². The van der Waals surface area contributed by atoms with Gasteiger partial charge < -0.3 is 5.32 Å². The highest BCUT2D eigenvalue weighted by atomic mass is 32.2. The first kappa shape index (κ1) is 20.1. The monoisotopic (exact) mass is 395 g/mol. The number of nitrogens with one attached hydrogen (secondary N) is 1. The number of benzene rings is 2. The summed E-state index contributed by atoms with van der Waals surface area (Å²) in [6.07, 6.45) is 0. The second-order valence-corrected chi connectivity index (χ2v) is 8.46. The van der Waals surface area contributed by atoms with Crippen LogP contribution in [0.3, 0.4) is 0 Å². The number of carbonyl (C=O) groups is 1. The molecule has 28 heavy (non-hydrogen) atoms. The molecule has 0 aliphatic carbocycles. The second kappa shape index (κ2) is 8.56. The molecule has 0 radical (unpaired) electrons. The molecule has 1 amide bonds. The van der Waals surface area contributed by atoms with Gasteiger partial charge in [0.2, 0.25) is 11.1 Å². The van der Waals surface area contributed by atoms with Gasteiger partial charge >= 0.3 is 0 Å². The first-order valence-electron chi connectivity index (χ1n) is 9.29. The van der Waals surface area contributed by atoms with Crippen molar-refractivity contribution in [3.05, 3.63) is 59.2 Å². The zero-order valence-corrected chi connectivity index (χ0v) is 17.6. The third kappa shape index (κ3) is 4.42. The number of nitrogens with zero attached hydrogens (tertiary/aromatic N) is 4. The highest BCUT2D eigenvalue weighted by Gasteiger charge is 2.21. The van der Waals surface area contributed by atoms with Crippen LogP contribution in [0.1, 0.15) is 43.4 Å². The van der Waals surface area contributed by atoms with Crippen molar-refractivity contribution < 1.29 is 4.79 Å². The maximum absolute atomic E-state index is 12.8. The van der Waals surface area contributed by atoms with Crippen LogP contribution in [0.25, 0.3) is 5.69 Å². The molecule has 1 aromatic heterocycles. The number of hydrogen-bond acceptors (Lipinski definition) is 5. The minimum Gasteiger partial charge on any atom is -0.325 e. The van der Waals surface area contributed by atoms with Crippen LogP contribution in [-0.4, -0.2) is 31.4 Å². The van der Waals surface area contributed by atoms with Crippen molar-refractivity contribution in [3.63, 3.8) is 0 Å². The minimum atomic E-state index is -0.352. The molecule has 6 nitrogen and oxygen atoms in total. The first-order valence-corrected chi connectivity index (χ1v) is 10.2. The van der Waals surface area contributed by atoms with Crippen molar-refractivity contribution in [2.45, 2.75) is 50.9 Å². The summed E-state index contributed by atoms with van der Waals surface area (Å²) in [5, 5.41) is 15.3. The lowest BCUT2D eigenvalue weighted by Crippen LogP contribution is -2.24. The molecule has 146 valence electrons. The third-order valence-electron chi connectivity index (χ3n) is 4.55. The molecular formula is C21H25N5OS. The van der Waals surface area contributed by atoms with Gasteiger partial charge in [0.25, 0.3) is 0 Å². The van der Waals surface area contributed by atoms with Gasteiger partial charge in [-0.05, 0) is 60.4 Å². The summed E-state index contributed by atoms with van der Waals surface area (Å²) in [4.78, 5) is 12.8. The average Bonchev–Trinajstić information content (AvgIpc) is 3.11. The number of anilines is 1. The molecule has 3 aromatic rings. The van der Waals surface area contributed by atoms with Crippen LogP contribution in [-0.2, 0) is 4.79 Å². The molecule has 0 bridgehead atoms. The molecule has 0 saturated carbocycles. The van der Waals surface area contributed by atoms with Gasteiger partial charge in [0.1, 0.15) is 0 Å². The van der Waals surface area contributed by atoms with E-state index in [9.17, 15) is 4.79 Å². The number of thioether (sulfide) groups is 1. The van der Waals surface area contributed by atoms with Gasteiger partial charge in [0, 0.05) is 5.69 Å². The number of tetrazole rings is 1. The molecule has 1 atom stereocenters. The lowest BCUT2D eigenvalue weighted by Gasteiger charge is -2.18. The lowest BCUT2D eigenvalue weighted by atomic mass is 9.98. The van der Waals surface area contributed by atoms with Crippen molar-refractivity contribution >= 4 is 23.4 Å². The number of carbonyl (C=O) groups excluding carboxylic acids is 1. The summed E-state index contributed by atoms with van der Waals surface area (Å²) in [6, 6.07) is 14.0. The Labute approximate surface area is 169 Å². The number of rotatable bonds is 6. The van der Waals surface area contributed by atoms with E-state index in [1.807, 2.05) is 57.2 Å². The normalized spacial score (nSPS) is 12.2. The minimum absolute atomic E-state index is 0.0698. The molecule has 2 aromatic carbocycles.